The van der Waals surface area contributed by atoms with E-state index in [-0.39, 0.29) is 11.8 Å². The van der Waals surface area contributed by atoms with Gasteiger partial charge in [-0.05, 0) is 53.8 Å². The van der Waals surface area contributed by atoms with Gasteiger partial charge in [0.05, 0.1) is 16.8 Å². The zero-order chi connectivity index (χ0) is 14.0. The lowest BCUT2D eigenvalue weighted by Crippen LogP contribution is -2.07. The minimum absolute atomic E-state index is 0.0679. The lowest BCUT2D eigenvalue weighted by molar-refractivity contribution is 0.459. The second kappa shape index (κ2) is 5.96. The highest BCUT2D eigenvalue weighted by Gasteiger charge is 2.12. The Morgan fingerprint density at radius 2 is 2.00 bits per heavy atom. The number of hydrogen-bond acceptors (Lipinski definition) is 2. The van der Waals surface area contributed by atoms with Gasteiger partial charge >= 0.3 is 0 Å². The van der Waals surface area contributed by atoms with Crippen molar-refractivity contribution in [2.24, 2.45) is 0 Å². The Balaban J connectivity index is 2.23. The third kappa shape index (κ3) is 3.51. The molecule has 0 radical (unpaired) electrons. The van der Waals surface area contributed by atoms with Crippen molar-refractivity contribution in [2.45, 2.75) is 13.0 Å². The summed E-state index contributed by atoms with van der Waals surface area (Å²) in [6, 6.07) is 9.46. The smallest absolute Gasteiger partial charge is 0.126 e. The normalized spacial score (nSPS) is 12.2. The van der Waals surface area contributed by atoms with Crippen molar-refractivity contribution in [3.05, 3.63) is 56.4 Å². The summed E-state index contributed by atoms with van der Waals surface area (Å²) >= 11 is 8.32. The minimum Gasteiger partial charge on any atom is -0.507 e. The number of hydrogen-bond donors (Lipinski definition) is 2. The summed E-state index contributed by atoms with van der Waals surface area (Å²) in [5.74, 6) is -0.526. The lowest BCUT2D eigenvalue weighted by atomic mass is 10.1. The van der Waals surface area contributed by atoms with Gasteiger partial charge < -0.3 is 10.4 Å². The third-order valence-corrected chi connectivity index (χ3v) is 3.75. The SMILES string of the molecule is CC(Nc1ccc(I)cc1Cl)c1ccc(F)cc1O. The van der Waals surface area contributed by atoms with Crippen LogP contribution in [0, 0.1) is 9.39 Å². The van der Waals surface area contributed by atoms with E-state index in [1.807, 2.05) is 25.1 Å². The van der Waals surface area contributed by atoms with Gasteiger partial charge in [-0.15, -0.1) is 0 Å². The van der Waals surface area contributed by atoms with E-state index in [9.17, 15) is 9.50 Å². The Bertz CT molecular complexity index is 606. The second-order valence-corrected chi connectivity index (χ2v) is 5.85. The lowest BCUT2D eigenvalue weighted by Gasteiger charge is -2.18. The number of anilines is 1. The number of rotatable bonds is 3. The van der Waals surface area contributed by atoms with Crippen LogP contribution >= 0.6 is 34.2 Å². The molecule has 0 aliphatic rings. The molecule has 1 atom stereocenters. The predicted molar refractivity (Wildman–Crippen MR) is 84.3 cm³/mol. The topological polar surface area (TPSA) is 32.3 Å². The van der Waals surface area contributed by atoms with Gasteiger partial charge in [-0.1, -0.05) is 17.7 Å². The summed E-state index contributed by atoms with van der Waals surface area (Å²) in [7, 11) is 0. The average Bonchev–Trinajstić information content (AvgIpc) is 2.32. The Morgan fingerprint density at radius 1 is 1.26 bits per heavy atom. The number of nitrogens with one attached hydrogen (secondary N) is 1. The first kappa shape index (κ1) is 14.4. The first-order valence-corrected chi connectivity index (χ1v) is 7.13. The van der Waals surface area contributed by atoms with Crippen molar-refractivity contribution in [2.75, 3.05) is 5.32 Å². The highest BCUT2D eigenvalue weighted by Crippen LogP contribution is 2.31. The van der Waals surface area contributed by atoms with Crippen LogP contribution in [0.1, 0.15) is 18.5 Å². The van der Waals surface area contributed by atoms with Crippen LogP contribution in [0.5, 0.6) is 5.75 Å². The number of benzene rings is 2. The molecule has 0 fully saturated rings. The van der Waals surface area contributed by atoms with E-state index in [0.717, 1.165) is 15.3 Å². The van der Waals surface area contributed by atoms with Crippen molar-refractivity contribution in [1.82, 2.24) is 0 Å². The first-order chi connectivity index (χ1) is 8.97. The highest BCUT2D eigenvalue weighted by atomic mass is 127. The zero-order valence-electron chi connectivity index (χ0n) is 10.1. The van der Waals surface area contributed by atoms with Gasteiger partial charge in [-0.25, -0.2) is 4.39 Å². The summed E-state index contributed by atoms with van der Waals surface area (Å²) in [6.45, 7) is 1.88. The van der Waals surface area contributed by atoms with E-state index in [1.165, 1.54) is 6.07 Å². The Hall–Kier alpha value is -1.01. The number of halogens is 3. The third-order valence-electron chi connectivity index (χ3n) is 2.76. The van der Waals surface area contributed by atoms with Gasteiger partial charge in [0.25, 0.3) is 0 Å². The molecular weight excluding hydrogens is 380 g/mol. The van der Waals surface area contributed by atoms with Gasteiger partial charge in [0, 0.05) is 15.2 Å². The first-order valence-electron chi connectivity index (χ1n) is 5.67. The average molecular weight is 392 g/mol. The van der Waals surface area contributed by atoms with Crippen molar-refractivity contribution >= 4 is 39.9 Å². The molecule has 2 aromatic rings. The summed E-state index contributed by atoms with van der Waals surface area (Å²) in [5.41, 5.74) is 1.40. The standard InChI is InChI=1S/C14H12ClFINO/c1-8(11-4-2-9(16)6-14(11)19)18-13-5-3-10(17)7-12(13)15/h2-8,18-19H,1H3. The van der Waals surface area contributed by atoms with Crippen LogP contribution in [-0.2, 0) is 0 Å². The molecule has 2 N–H and O–H groups in total. The molecule has 2 rings (SSSR count). The van der Waals surface area contributed by atoms with Crippen molar-refractivity contribution in [1.29, 1.82) is 0 Å². The maximum absolute atomic E-state index is 12.9. The molecule has 0 saturated heterocycles. The van der Waals surface area contributed by atoms with Crippen molar-refractivity contribution < 1.29 is 9.50 Å². The van der Waals surface area contributed by atoms with Crippen LogP contribution in [0.4, 0.5) is 10.1 Å². The molecule has 0 spiro atoms. The van der Waals surface area contributed by atoms with Gasteiger partial charge in [0.2, 0.25) is 0 Å². The maximum atomic E-state index is 12.9. The van der Waals surface area contributed by atoms with Gasteiger partial charge in [-0.2, -0.15) is 0 Å². The fourth-order valence-electron chi connectivity index (χ4n) is 1.80. The van der Waals surface area contributed by atoms with Crippen LogP contribution in [0.3, 0.4) is 0 Å². The van der Waals surface area contributed by atoms with E-state index >= 15 is 0 Å². The highest BCUT2D eigenvalue weighted by molar-refractivity contribution is 14.1. The Labute approximate surface area is 129 Å². The summed E-state index contributed by atoms with van der Waals surface area (Å²) < 4.78 is 14.0. The molecular formula is C14H12ClFINO. The number of phenolic OH excluding ortho intramolecular Hbond substituents is 1. The second-order valence-electron chi connectivity index (χ2n) is 4.19. The molecule has 2 nitrogen and oxygen atoms in total. The van der Waals surface area contributed by atoms with E-state index in [2.05, 4.69) is 27.9 Å². The molecule has 0 aromatic heterocycles. The molecule has 2 aromatic carbocycles. The largest absolute Gasteiger partial charge is 0.507 e. The van der Waals surface area contributed by atoms with Crippen LogP contribution in [0.15, 0.2) is 36.4 Å². The number of phenols is 1. The monoisotopic (exact) mass is 391 g/mol. The van der Waals surface area contributed by atoms with Gasteiger partial charge in [-0.3, -0.25) is 0 Å². The molecule has 0 amide bonds. The zero-order valence-corrected chi connectivity index (χ0v) is 13.0. The van der Waals surface area contributed by atoms with Crippen LogP contribution in [0.25, 0.3) is 0 Å². The van der Waals surface area contributed by atoms with Crippen LogP contribution < -0.4 is 5.32 Å². The van der Waals surface area contributed by atoms with Gasteiger partial charge in [0.15, 0.2) is 0 Å². The minimum atomic E-state index is -0.458. The van der Waals surface area contributed by atoms with Crippen LogP contribution in [-0.4, -0.2) is 5.11 Å². The molecule has 1 unspecified atom stereocenters. The molecule has 19 heavy (non-hydrogen) atoms. The van der Waals surface area contributed by atoms with Crippen molar-refractivity contribution in [3.8, 4) is 5.75 Å². The van der Waals surface area contributed by atoms with Crippen molar-refractivity contribution in [3.63, 3.8) is 0 Å². The van der Waals surface area contributed by atoms with E-state index in [0.29, 0.717) is 10.6 Å². The van der Waals surface area contributed by atoms with E-state index in [1.54, 1.807) is 6.07 Å². The summed E-state index contributed by atoms with van der Waals surface area (Å²) in [4.78, 5) is 0. The molecule has 0 saturated carbocycles. The Kier molecular flexibility index (Phi) is 4.52. The maximum Gasteiger partial charge on any atom is 0.126 e. The molecule has 0 heterocycles. The van der Waals surface area contributed by atoms with E-state index < -0.39 is 5.82 Å². The van der Waals surface area contributed by atoms with Crippen LogP contribution in [0.2, 0.25) is 5.02 Å². The number of aromatic hydroxyl groups is 1. The van der Waals surface area contributed by atoms with E-state index in [4.69, 9.17) is 11.6 Å². The molecule has 0 bridgehead atoms. The Morgan fingerprint density at radius 3 is 2.63 bits per heavy atom. The summed E-state index contributed by atoms with van der Waals surface area (Å²) in [6.07, 6.45) is 0. The predicted octanol–water partition coefficient (Wildman–Crippen LogP) is 4.96. The molecule has 5 heteroatoms. The molecule has 100 valence electrons. The molecule has 0 aliphatic heterocycles. The summed E-state index contributed by atoms with van der Waals surface area (Å²) in [5, 5.41) is 13.5. The molecule has 0 aliphatic carbocycles. The quantitative estimate of drug-likeness (QED) is 0.725. The van der Waals surface area contributed by atoms with Gasteiger partial charge in [0.1, 0.15) is 11.6 Å². The fraction of sp³-hybridized carbons (Fsp3) is 0.143. The fourth-order valence-corrected chi connectivity index (χ4v) is 2.71.